The highest BCUT2D eigenvalue weighted by Gasteiger charge is 2.13. The first-order valence-corrected chi connectivity index (χ1v) is 4.61. The minimum atomic E-state index is -0.335. The van der Waals surface area contributed by atoms with Crippen LogP contribution in [0.15, 0.2) is 36.9 Å². The maximum absolute atomic E-state index is 10.3. The van der Waals surface area contributed by atoms with E-state index in [-0.39, 0.29) is 6.10 Å². The fourth-order valence-electron chi connectivity index (χ4n) is 1.21. The van der Waals surface area contributed by atoms with Crippen LogP contribution in [0.25, 0.3) is 0 Å². The topological polar surface area (TPSA) is 26.3 Å². The number of hydrogen-bond acceptors (Lipinski definition) is 2. The Balaban J connectivity index is 2.91. The third-order valence-electron chi connectivity index (χ3n) is 1.85. The molecule has 0 aliphatic rings. The van der Waals surface area contributed by atoms with Crippen LogP contribution < -0.4 is 0 Å². The van der Waals surface area contributed by atoms with Gasteiger partial charge in [0.05, 0.1) is 0 Å². The average molecular weight is 211 g/mol. The Kier molecular flexibility index (Phi) is 4.20. The zero-order chi connectivity index (χ0) is 10.4. The summed E-state index contributed by atoms with van der Waals surface area (Å²) in [7, 11) is 0. The zero-order valence-electron chi connectivity index (χ0n) is 7.65. The van der Waals surface area contributed by atoms with Crippen molar-refractivity contribution in [1.82, 2.24) is 0 Å². The van der Waals surface area contributed by atoms with E-state index in [0.717, 1.165) is 5.56 Å². The number of carbonyl (C=O) groups is 1. The number of hydrogen-bond donors (Lipinski definition) is 0. The summed E-state index contributed by atoms with van der Waals surface area (Å²) in [5.74, 6) is 0. The Morgan fingerprint density at radius 1 is 1.50 bits per heavy atom. The van der Waals surface area contributed by atoms with E-state index in [4.69, 9.17) is 16.3 Å². The van der Waals surface area contributed by atoms with Crippen molar-refractivity contribution in [3.63, 3.8) is 0 Å². The molecular formula is C11H11ClO2. The van der Waals surface area contributed by atoms with Gasteiger partial charge in [0.2, 0.25) is 0 Å². The van der Waals surface area contributed by atoms with Crippen molar-refractivity contribution in [3.8, 4) is 0 Å². The molecule has 0 amide bonds. The molecule has 0 bridgehead atoms. The molecule has 0 saturated heterocycles. The highest BCUT2D eigenvalue weighted by Crippen LogP contribution is 2.27. The van der Waals surface area contributed by atoms with Gasteiger partial charge in [-0.3, -0.25) is 4.79 Å². The van der Waals surface area contributed by atoms with Gasteiger partial charge < -0.3 is 4.74 Å². The fourth-order valence-corrected chi connectivity index (χ4v) is 1.47. The van der Waals surface area contributed by atoms with Crippen LogP contribution in [0.1, 0.15) is 18.1 Å². The molecule has 0 aliphatic heterocycles. The van der Waals surface area contributed by atoms with Gasteiger partial charge >= 0.3 is 0 Å². The van der Waals surface area contributed by atoms with Crippen LogP contribution in [0.3, 0.4) is 0 Å². The second-order valence-corrected chi connectivity index (χ2v) is 3.17. The van der Waals surface area contributed by atoms with Gasteiger partial charge in [0.1, 0.15) is 6.10 Å². The maximum atomic E-state index is 10.3. The quantitative estimate of drug-likeness (QED) is 0.551. The minimum Gasteiger partial charge on any atom is -0.459 e. The van der Waals surface area contributed by atoms with E-state index < -0.39 is 0 Å². The van der Waals surface area contributed by atoms with Crippen LogP contribution in [0.2, 0.25) is 5.02 Å². The molecule has 1 rings (SSSR count). The largest absolute Gasteiger partial charge is 0.459 e. The van der Waals surface area contributed by atoms with Gasteiger partial charge in [-0.25, -0.2) is 0 Å². The van der Waals surface area contributed by atoms with Crippen LogP contribution in [0.4, 0.5) is 0 Å². The summed E-state index contributed by atoms with van der Waals surface area (Å²) in [4.78, 5) is 10.3. The number of halogens is 1. The molecule has 0 saturated carbocycles. The third kappa shape index (κ3) is 2.60. The monoisotopic (exact) mass is 210 g/mol. The van der Waals surface area contributed by atoms with Crippen molar-refractivity contribution in [2.75, 3.05) is 0 Å². The van der Waals surface area contributed by atoms with Crippen molar-refractivity contribution >= 4 is 18.1 Å². The van der Waals surface area contributed by atoms with Crippen LogP contribution in [-0.2, 0) is 9.53 Å². The van der Waals surface area contributed by atoms with E-state index in [1.54, 1.807) is 12.1 Å². The Hall–Kier alpha value is -1.28. The van der Waals surface area contributed by atoms with Crippen molar-refractivity contribution in [2.45, 2.75) is 12.5 Å². The molecule has 0 fully saturated rings. The first-order chi connectivity index (χ1) is 6.79. The summed E-state index contributed by atoms with van der Waals surface area (Å²) >= 11 is 5.96. The molecule has 0 radical (unpaired) electrons. The molecule has 0 unspecified atom stereocenters. The Bertz CT molecular complexity index is 313. The fraction of sp³-hybridized carbons (Fsp3) is 0.182. The molecule has 0 spiro atoms. The Morgan fingerprint density at radius 3 is 2.79 bits per heavy atom. The van der Waals surface area contributed by atoms with Crippen molar-refractivity contribution in [1.29, 1.82) is 0 Å². The highest BCUT2D eigenvalue weighted by molar-refractivity contribution is 6.31. The summed E-state index contributed by atoms with van der Waals surface area (Å²) in [6.45, 7) is 4.03. The molecule has 2 nitrogen and oxygen atoms in total. The van der Waals surface area contributed by atoms with E-state index in [1.165, 1.54) is 0 Å². The summed E-state index contributed by atoms with van der Waals surface area (Å²) in [6.07, 6.45) is 1.92. The van der Waals surface area contributed by atoms with E-state index >= 15 is 0 Å². The predicted molar refractivity (Wildman–Crippen MR) is 56.2 cm³/mol. The smallest absolute Gasteiger partial charge is 0.293 e. The molecular weight excluding hydrogens is 200 g/mol. The minimum absolute atomic E-state index is 0.335. The molecule has 1 aromatic carbocycles. The number of ether oxygens (including phenoxy) is 1. The van der Waals surface area contributed by atoms with Gasteiger partial charge in [-0.15, -0.1) is 6.58 Å². The third-order valence-corrected chi connectivity index (χ3v) is 2.20. The molecule has 3 heteroatoms. The van der Waals surface area contributed by atoms with Crippen LogP contribution >= 0.6 is 11.6 Å². The van der Waals surface area contributed by atoms with Gasteiger partial charge in [0.25, 0.3) is 6.47 Å². The van der Waals surface area contributed by atoms with Gasteiger partial charge in [0.15, 0.2) is 0 Å². The number of carbonyl (C=O) groups excluding carboxylic acids is 1. The SMILES string of the molecule is C=CC[C@@H](OC=O)c1ccccc1Cl. The van der Waals surface area contributed by atoms with Crippen LogP contribution in [-0.4, -0.2) is 6.47 Å². The number of benzene rings is 1. The average Bonchev–Trinajstić information content (AvgIpc) is 2.18. The lowest BCUT2D eigenvalue weighted by molar-refractivity contribution is -0.133. The lowest BCUT2D eigenvalue weighted by Gasteiger charge is -2.14. The normalized spacial score (nSPS) is 11.8. The zero-order valence-corrected chi connectivity index (χ0v) is 8.41. The Morgan fingerprint density at radius 2 is 2.21 bits per heavy atom. The van der Waals surface area contributed by atoms with E-state index in [9.17, 15) is 4.79 Å². The number of rotatable bonds is 5. The van der Waals surface area contributed by atoms with Crippen LogP contribution in [0, 0.1) is 0 Å². The second kappa shape index (κ2) is 5.45. The lowest BCUT2D eigenvalue weighted by Crippen LogP contribution is -2.02. The molecule has 1 atom stereocenters. The first-order valence-electron chi connectivity index (χ1n) is 4.24. The van der Waals surface area contributed by atoms with Crippen molar-refractivity contribution < 1.29 is 9.53 Å². The first kappa shape index (κ1) is 10.8. The van der Waals surface area contributed by atoms with Crippen molar-refractivity contribution in [2.24, 2.45) is 0 Å². The van der Waals surface area contributed by atoms with Gasteiger partial charge in [-0.05, 0) is 6.07 Å². The predicted octanol–water partition coefficient (Wildman–Crippen LogP) is 3.13. The summed E-state index contributed by atoms with van der Waals surface area (Å²) in [5, 5.41) is 0.598. The standard InChI is InChI=1S/C11H11ClO2/c1-2-5-11(14-8-13)9-6-3-4-7-10(9)12/h2-4,6-8,11H,1,5H2/t11-/m1/s1. The molecule has 14 heavy (non-hydrogen) atoms. The lowest BCUT2D eigenvalue weighted by atomic mass is 10.1. The Labute approximate surface area is 88.1 Å². The highest BCUT2D eigenvalue weighted by atomic mass is 35.5. The molecule has 0 N–H and O–H groups in total. The summed E-state index contributed by atoms with van der Waals surface area (Å²) < 4.78 is 4.91. The molecule has 74 valence electrons. The van der Waals surface area contributed by atoms with Gasteiger partial charge in [-0.2, -0.15) is 0 Å². The molecule has 0 heterocycles. The summed E-state index contributed by atoms with van der Waals surface area (Å²) in [5.41, 5.74) is 0.807. The molecule has 0 aromatic heterocycles. The van der Waals surface area contributed by atoms with Gasteiger partial charge in [-0.1, -0.05) is 35.9 Å². The van der Waals surface area contributed by atoms with E-state index in [0.29, 0.717) is 17.9 Å². The van der Waals surface area contributed by atoms with E-state index in [2.05, 4.69) is 6.58 Å². The van der Waals surface area contributed by atoms with Gasteiger partial charge in [0, 0.05) is 17.0 Å². The van der Waals surface area contributed by atoms with Crippen molar-refractivity contribution in [3.05, 3.63) is 47.5 Å². The summed E-state index contributed by atoms with van der Waals surface area (Å²) in [6, 6.07) is 7.28. The molecule has 1 aromatic rings. The van der Waals surface area contributed by atoms with E-state index in [1.807, 2.05) is 18.2 Å². The second-order valence-electron chi connectivity index (χ2n) is 2.77. The molecule has 0 aliphatic carbocycles. The maximum Gasteiger partial charge on any atom is 0.293 e. The van der Waals surface area contributed by atoms with Crippen LogP contribution in [0.5, 0.6) is 0 Å².